The molecule has 1 saturated heterocycles. The number of rotatable bonds is 4. The van der Waals surface area contributed by atoms with Crippen LogP contribution in [0, 0.1) is 6.92 Å². The number of nitrogens with zero attached hydrogens (tertiary/aromatic N) is 2. The number of sulfonamides is 1. The number of aromatic nitrogens is 1. The molecule has 2 heterocycles. The normalized spacial score (nSPS) is 18.3. The Balaban J connectivity index is 1.66. The summed E-state index contributed by atoms with van der Waals surface area (Å²) >= 11 is 0. The molecule has 142 valence electrons. The molecule has 3 aromatic rings. The van der Waals surface area contributed by atoms with Gasteiger partial charge in [-0.2, -0.15) is 4.31 Å². The zero-order valence-electron chi connectivity index (χ0n) is 15.8. The first-order chi connectivity index (χ1) is 12.9. The quantitative estimate of drug-likeness (QED) is 0.690. The number of hydrogen-bond acceptors (Lipinski definition) is 3. The molecule has 0 aliphatic carbocycles. The van der Waals surface area contributed by atoms with E-state index in [4.69, 9.17) is 4.74 Å². The van der Waals surface area contributed by atoms with Crippen LogP contribution in [0.25, 0.3) is 10.9 Å². The van der Waals surface area contributed by atoms with E-state index in [1.165, 1.54) is 23.7 Å². The molecule has 1 atom stereocenters. The van der Waals surface area contributed by atoms with Crippen LogP contribution in [0.1, 0.15) is 23.6 Å². The predicted molar refractivity (Wildman–Crippen MR) is 107 cm³/mol. The zero-order chi connectivity index (χ0) is 19.2. The van der Waals surface area contributed by atoms with Crippen LogP contribution in [0.4, 0.5) is 0 Å². The topological polar surface area (TPSA) is 51.5 Å². The van der Waals surface area contributed by atoms with Gasteiger partial charge in [0, 0.05) is 37.3 Å². The Bertz CT molecular complexity index is 1100. The Morgan fingerprint density at radius 2 is 1.89 bits per heavy atom. The molecular formula is C21H24N2O3S. The lowest BCUT2D eigenvalue weighted by Crippen LogP contribution is -2.29. The number of aryl methyl sites for hydroxylation is 2. The lowest BCUT2D eigenvalue weighted by Gasteiger charge is -2.19. The van der Waals surface area contributed by atoms with Crippen molar-refractivity contribution in [3.8, 4) is 5.75 Å². The molecule has 0 spiro atoms. The molecule has 1 aromatic heterocycles. The standard InChI is InChI=1S/C21H24N2O3S/c1-15-8-9-20(26-3)21(12-15)27(24,25)23-11-10-17(14-23)19-13-16-6-4-5-7-18(16)22(19)2/h4-9,12-13,17H,10-11,14H2,1-3H3. The zero-order valence-corrected chi connectivity index (χ0v) is 16.7. The summed E-state index contributed by atoms with van der Waals surface area (Å²) in [4.78, 5) is 0.252. The van der Waals surface area contributed by atoms with Crippen molar-refractivity contribution in [3.63, 3.8) is 0 Å². The van der Waals surface area contributed by atoms with Crippen molar-refractivity contribution < 1.29 is 13.2 Å². The van der Waals surface area contributed by atoms with Crippen molar-refractivity contribution in [2.75, 3.05) is 20.2 Å². The Morgan fingerprint density at radius 3 is 2.63 bits per heavy atom. The monoisotopic (exact) mass is 384 g/mol. The van der Waals surface area contributed by atoms with E-state index in [1.807, 2.05) is 25.1 Å². The van der Waals surface area contributed by atoms with E-state index >= 15 is 0 Å². The van der Waals surface area contributed by atoms with Crippen LogP contribution in [-0.2, 0) is 17.1 Å². The summed E-state index contributed by atoms with van der Waals surface area (Å²) in [7, 11) is -0.0288. The van der Waals surface area contributed by atoms with E-state index < -0.39 is 10.0 Å². The van der Waals surface area contributed by atoms with Gasteiger partial charge in [-0.3, -0.25) is 0 Å². The average Bonchev–Trinajstić information content (AvgIpc) is 3.27. The third-order valence-corrected chi connectivity index (χ3v) is 7.38. The molecule has 6 heteroatoms. The molecule has 0 amide bonds. The Morgan fingerprint density at radius 1 is 1.11 bits per heavy atom. The van der Waals surface area contributed by atoms with E-state index in [-0.39, 0.29) is 10.8 Å². The average molecular weight is 385 g/mol. The summed E-state index contributed by atoms with van der Waals surface area (Å²) in [5, 5.41) is 1.19. The van der Waals surface area contributed by atoms with E-state index in [0.717, 1.165) is 12.0 Å². The van der Waals surface area contributed by atoms with E-state index in [9.17, 15) is 8.42 Å². The lowest BCUT2D eigenvalue weighted by atomic mass is 10.1. The summed E-state index contributed by atoms with van der Waals surface area (Å²) in [6.07, 6.45) is 0.817. The minimum absolute atomic E-state index is 0.188. The molecule has 4 rings (SSSR count). The Hall–Kier alpha value is -2.31. The molecule has 1 fully saturated rings. The summed E-state index contributed by atoms with van der Waals surface area (Å²) in [6.45, 7) is 2.90. The molecule has 27 heavy (non-hydrogen) atoms. The smallest absolute Gasteiger partial charge is 0.246 e. The Kier molecular flexibility index (Phi) is 4.48. The van der Waals surface area contributed by atoms with Crippen LogP contribution in [0.5, 0.6) is 5.75 Å². The Labute approximate surface area is 160 Å². The van der Waals surface area contributed by atoms with E-state index in [2.05, 4.69) is 29.8 Å². The first-order valence-electron chi connectivity index (χ1n) is 9.11. The second-order valence-corrected chi connectivity index (χ2v) is 9.10. The van der Waals surface area contributed by atoms with E-state index in [0.29, 0.717) is 18.8 Å². The van der Waals surface area contributed by atoms with E-state index in [1.54, 1.807) is 16.4 Å². The van der Waals surface area contributed by atoms with Gasteiger partial charge in [0.1, 0.15) is 10.6 Å². The third-order valence-electron chi connectivity index (χ3n) is 5.50. The molecule has 0 saturated carbocycles. The second kappa shape index (κ2) is 6.69. The molecule has 0 N–H and O–H groups in total. The van der Waals surface area contributed by atoms with Gasteiger partial charge in [-0.15, -0.1) is 0 Å². The highest BCUT2D eigenvalue weighted by Gasteiger charge is 2.36. The van der Waals surface area contributed by atoms with Gasteiger partial charge in [0.05, 0.1) is 7.11 Å². The molecule has 0 radical (unpaired) electrons. The molecule has 2 aromatic carbocycles. The molecular weight excluding hydrogens is 360 g/mol. The molecule has 1 aliphatic heterocycles. The van der Waals surface area contributed by atoms with Gasteiger partial charge in [-0.25, -0.2) is 8.42 Å². The van der Waals surface area contributed by atoms with Crippen molar-refractivity contribution in [3.05, 3.63) is 59.8 Å². The first-order valence-corrected chi connectivity index (χ1v) is 10.5. The number of hydrogen-bond donors (Lipinski definition) is 0. The van der Waals surface area contributed by atoms with Crippen LogP contribution in [0.2, 0.25) is 0 Å². The van der Waals surface area contributed by atoms with Gasteiger partial charge in [0.25, 0.3) is 0 Å². The maximum Gasteiger partial charge on any atom is 0.246 e. The molecule has 1 aliphatic rings. The van der Waals surface area contributed by atoms with Gasteiger partial charge in [-0.1, -0.05) is 24.3 Å². The van der Waals surface area contributed by atoms with Gasteiger partial charge in [-0.05, 0) is 48.6 Å². The molecule has 0 bridgehead atoms. The fourth-order valence-electron chi connectivity index (χ4n) is 4.01. The fraction of sp³-hybridized carbons (Fsp3) is 0.333. The number of para-hydroxylation sites is 1. The van der Waals surface area contributed by atoms with Crippen LogP contribution < -0.4 is 4.74 Å². The third kappa shape index (κ3) is 3.03. The largest absolute Gasteiger partial charge is 0.495 e. The predicted octanol–water partition coefficient (Wildman–Crippen LogP) is 3.67. The van der Waals surface area contributed by atoms with Gasteiger partial charge in [0.15, 0.2) is 0 Å². The number of ether oxygens (including phenoxy) is 1. The maximum absolute atomic E-state index is 13.2. The lowest BCUT2D eigenvalue weighted by molar-refractivity contribution is 0.398. The number of methoxy groups -OCH3 is 1. The summed E-state index contributed by atoms with van der Waals surface area (Å²) < 4.78 is 35.6. The van der Waals surface area contributed by atoms with Crippen molar-refractivity contribution in [2.45, 2.75) is 24.2 Å². The van der Waals surface area contributed by atoms with Crippen molar-refractivity contribution >= 4 is 20.9 Å². The SMILES string of the molecule is COc1ccc(C)cc1S(=O)(=O)N1CCC(c2cc3ccccc3n2C)C1. The van der Waals surface area contributed by atoms with Gasteiger partial charge in [0.2, 0.25) is 10.0 Å². The van der Waals surface area contributed by atoms with Crippen molar-refractivity contribution in [2.24, 2.45) is 7.05 Å². The van der Waals surface area contributed by atoms with Crippen molar-refractivity contribution in [1.29, 1.82) is 0 Å². The van der Waals surface area contributed by atoms with Crippen LogP contribution >= 0.6 is 0 Å². The number of benzene rings is 2. The van der Waals surface area contributed by atoms with Crippen molar-refractivity contribution in [1.82, 2.24) is 8.87 Å². The molecule has 5 nitrogen and oxygen atoms in total. The minimum Gasteiger partial charge on any atom is -0.495 e. The summed E-state index contributed by atoms with van der Waals surface area (Å²) in [5.74, 6) is 0.585. The summed E-state index contributed by atoms with van der Waals surface area (Å²) in [5.41, 5.74) is 3.26. The van der Waals surface area contributed by atoms with Crippen LogP contribution in [-0.4, -0.2) is 37.5 Å². The highest BCUT2D eigenvalue weighted by molar-refractivity contribution is 7.89. The fourth-order valence-corrected chi connectivity index (χ4v) is 5.76. The second-order valence-electron chi connectivity index (χ2n) is 7.19. The first kappa shape index (κ1) is 18.1. The van der Waals surface area contributed by atoms with Crippen LogP contribution in [0.3, 0.4) is 0 Å². The summed E-state index contributed by atoms with van der Waals surface area (Å²) in [6, 6.07) is 15.7. The highest BCUT2D eigenvalue weighted by Crippen LogP contribution is 2.36. The minimum atomic E-state index is -3.59. The van der Waals surface area contributed by atoms with Gasteiger partial charge < -0.3 is 9.30 Å². The van der Waals surface area contributed by atoms with Crippen LogP contribution in [0.15, 0.2) is 53.4 Å². The maximum atomic E-state index is 13.2. The molecule has 1 unspecified atom stereocenters. The highest BCUT2D eigenvalue weighted by atomic mass is 32.2. The number of fused-ring (bicyclic) bond motifs is 1. The van der Waals surface area contributed by atoms with Gasteiger partial charge >= 0.3 is 0 Å².